The summed E-state index contributed by atoms with van der Waals surface area (Å²) in [5, 5.41) is 17.1. The Morgan fingerprint density at radius 1 is 1.45 bits per heavy atom. The number of rotatable bonds is 4. The second kappa shape index (κ2) is 6.27. The molecule has 2 aliphatic heterocycles. The molecule has 1 aromatic rings. The van der Waals surface area contributed by atoms with Crippen molar-refractivity contribution in [3.8, 4) is 0 Å². The Hall–Kier alpha value is -2.22. The van der Waals surface area contributed by atoms with Gasteiger partial charge in [-0.15, -0.1) is 0 Å². The van der Waals surface area contributed by atoms with E-state index in [-0.39, 0.29) is 23.7 Å². The molecule has 118 valence electrons. The molecular formula is C14H19N5O3. The fourth-order valence-electron chi connectivity index (χ4n) is 2.98. The largest absolute Gasteiger partial charge is 0.365 e. The first-order valence-corrected chi connectivity index (χ1v) is 7.52. The topological polar surface area (TPSA) is 100 Å². The minimum atomic E-state index is -0.471. The molecular weight excluding hydrogens is 286 g/mol. The Morgan fingerprint density at radius 2 is 2.32 bits per heavy atom. The number of amides is 1. The van der Waals surface area contributed by atoms with Gasteiger partial charge in [0, 0.05) is 25.2 Å². The zero-order valence-electron chi connectivity index (χ0n) is 12.2. The molecule has 2 saturated heterocycles. The fourth-order valence-corrected chi connectivity index (χ4v) is 2.98. The predicted octanol–water partition coefficient (Wildman–Crippen LogP) is 0.755. The molecule has 0 aromatic carbocycles. The van der Waals surface area contributed by atoms with Crippen molar-refractivity contribution in [1.82, 2.24) is 15.2 Å². The van der Waals surface area contributed by atoms with Crippen LogP contribution >= 0.6 is 0 Å². The highest BCUT2D eigenvalue weighted by atomic mass is 16.6. The van der Waals surface area contributed by atoms with E-state index in [1.54, 1.807) is 6.07 Å². The zero-order chi connectivity index (χ0) is 15.5. The van der Waals surface area contributed by atoms with E-state index in [4.69, 9.17) is 0 Å². The number of hydrogen-bond donors (Lipinski definition) is 2. The van der Waals surface area contributed by atoms with E-state index in [2.05, 4.69) is 15.6 Å². The normalized spacial score (nSPS) is 24.5. The van der Waals surface area contributed by atoms with E-state index < -0.39 is 4.92 Å². The molecule has 3 rings (SSSR count). The van der Waals surface area contributed by atoms with Gasteiger partial charge in [0.25, 0.3) is 5.69 Å². The first kappa shape index (κ1) is 14.7. The van der Waals surface area contributed by atoms with Crippen molar-refractivity contribution in [3.05, 3.63) is 28.4 Å². The predicted molar refractivity (Wildman–Crippen MR) is 80.5 cm³/mol. The molecule has 8 heteroatoms. The van der Waals surface area contributed by atoms with E-state index in [1.165, 1.54) is 12.3 Å². The van der Waals surface area contributed by atoms with E-state index in [0.29, 0.717) is 12.4 Å². The number of nitrogens with one attached hydrogen (secondary N) is 2. The number of pyridine rings is 1. The van der Waals surface area contributed by atoms with Gasteiger partial charge in [-0.3, -0.25) is 14.9 Å². The van der Waals surface area contributed by atoms with Gasteiger partial charge in [-0.25, -0.2) is 4.98 Å². The van der Waals surface area contributed by atoms with E-state index >= 15 is 0 Å². The lowest BCUT2D eigenvalue weighted by molar-refractivity contribution is -0.385. The molecule has 0 bridgehead atoms. The van der Waals surface area contributed by atoms with Crippen molar-refractivity contribution in [1.29, 1.82) is 0 Å². The quantitative estimate of drug-likeness (QED) is 0.629. The molecule has 2 fully saturated rings. The number of aromatic nitrogens is 1. The third-order valence-electron chi connectivity index (χ3n) is 4.17. The third-order valence-corrected chi connectivity index (χ3v) is 4.17. The summed E-state index contributed by atoms with van der Waals surface area (Å²) in [7, 11) is 0. The third kappa shape index (κ3) is 3.16. The van der Waals surface area contributed by atoms with Crippen molar-refractivity contribution in [2.45, 2.75) is 31.3 Å². The molecule has 3 heterocycles. The molecule has 2 atom stereocenters. The lowest BCUT2D eigenvalue weighted by Crippen LogP contribution is -2.43. The van der Waals surface area contributed by atoms with Gasteiger partial charge in [0.15, 0.2) is 0 Å². The van der Waals surface area contributed by atoms with Crippen LogP contribution in [0.4, 0.5) is 11.5 Å². The van der Waals surface area contributed by atoms with Crippen molar-refractivity contribution in [3.63, 3.8) is 0 Å². The summed E-state index contributed by atoms with van der Waals surface area (Å²) in [6.45, 7) is 2.30. The molecule has 0 radical (unpaired) electrons. The van der Waals surface area contributed by atoms with Gasteiger partial charge in [-0.05, 0) is 31.9 Å². The Bertz CT molecular complexity index is 556. The summed E-state index contributed by atoms with van der Waals surface area (Å²) in [4.78, 5) is 28.4. The highest BCUT2D eigenvalue weighted by Gasteiger charge is 2.32. The van der Waals surface area contributed by atoms with Gasteiger partial charge < -0.3 is 15.5 Å². The SMILES string of the molecule is O=C([C@@H]1CCCN1)N1CCC(Nc2ccc([N+](=O)[O-])cn2)C1. The molecule has 22 heavy (non-hydrogen) atoms. The molecule has 0 saturated carbocycles. The van der Waals surface area contributed by atoms with Crippen LogP contribution in [0.1, 0.15) is 19.3 Å². The van der Waals surface area contributed by atoms with Crippen LogP contribution in [0.15, 0.2) is 18.3 Å². The van der Waals surface area contributed by atoms with Crippen LogP contribution in [0.5, 0.6) is 0 Å². The number of hydrogen-bond acceptors (Lipinski definition) is 6. The number of carbonyl (C=O) groups is 1. The maximum absolute atomic E-state index is 12.3. The first-order chi connectivity index (χ1) is 10.6. The minimum Gasteiger partial charge on any atom is -0.365 e. The number of likely N-dealkylation sites (tertiary alicyclic amines) is 1. The molecule has 0 spiro atoms. The molecule has 2 N–H and O–H groups in total. The smallest absolute Gasteiger partial charge is 0.287 e. The summed E-state index contributed by atoms with van der Waals surface area (Å²) in [5.41, 5.74) is -0.0268. The number of carbonyl (C=O) groups excluding carboxylic acids is 1. The average molecular weight is 305 g/mol. The van der Waals surface area contributed by atoms with E-state index in [1.807, 2.05) is 4.90 Å². The molecule has 1 aromatic heterocycles. The Labute approximate surface area is 128 Å². The van der Waals surface area contributed by atoms with Crippen molar-refractivity contribution >= 4 is 17.4 Å². The highest BCUT2D eigenvalue weighted by molar-refractivity contribution is 5.82. The fraction of sp³-hybridized carbons (Fsp3) is 0.571. The standard InChI is InChI=1S/C14H19N5O3/c20-14(12-2-1-6-15-12)18-7-5-10(9-18)17-13-4-3-11(8-16-13)19(21)22/h3-4,8,10,12,15H,1-2,5-7,9H2,(H,16,17)/t10?,12-/m0/s1. The van der Waals surface area contributed by atoms with Crippen molar-refractivity contribution < 1.29 is 9.72 Å². The average Bonchev–Trinajstić information content (AvgIpc) is 3.19. The Balaban J connectivity index is 1.54. The van der Waals surface area contributed by atoms with E-state index in [0.717, 1.165) is 32.4 Å². The van der Waals surface area contributed by atoms with Crippen molar-refractivity contribution in [2.24, 2.45) is 0 Å². The highest BCUT2D eigenvalue weighted by Crippen LogP contribution is 2.18. The van der Waals surface area contributed by atoms with Crippen LogP contribution < -0.4 is 10.6 Å². The summed E-state index contributed by atoms with van der Waals surface area (Å²) in [6, 6.07) is 3.13. The summed E-state index contributed by atoms with van der Waals surface area (Å²) >= 11 is 0. The van der Waals surface area contributed by atoms with Gasteiger partial charge in [0.2, 0.25) is 5.91 Å². The van der Waals surface area contributed by atoms with Crippen molar-refractivity contribution in [2.75, 3.05) is 25.0 Å². The number of nitro groups is 1. The second-order valence-electron chi connectivity index (χ2n) is 5.72. The first-order valence-electron chi connectivity index (χ1n) is 7.52. The lowest BCUT2D eigenvalue weighted by atomic mass is 10.2. The summed E-state index contributed by atoms with van der Waals surface area (Å²) < 4.78 is 0. The van der Waals surface area contributed by atoms with Crippen LogP contribution in [0.2, 0.25) is 0 Å². The van der Waals surface area contributed by atoms with Gasteiger partial charge in [0.1, 0.15) is 12.0 Å². The molecule has 0 aliphatic carbocycles. The number of nitrogens with zero attached hydrogens (tertiary/aromatic N) is 3. The van der Waals surface area contributed by atoms with Crippen LogP contribution in [0.25, 0.3) is 0 Å². The maximum Gasteiger partial charge on any atom is 0.287 e. The monoisotopic (exact) mass is 305 g/mol. The number of anilines is 1. The lowest BCUT2D eigenvalue weighted by Gasteiger charge is -2.21. The molecule has 1 unspecified atom stereocenters. The zero-order valence-corrected chi connectivity index (χ0v) is 12.2. The van der Waals surface area contributed by atoms with Gasteiger partial charge in [-0.2, -0.15) is 0 Å². The Morgan fingerprint density at radius 3 is 2.95 bits per heavy atom. The summed E-state index contributed by atoms with van der Waals surface area (Å²) in [5.74, 6) is 0.780. The molecule has 2 aliphatic rings. The van der Waals surface area contributed by atoms with Gasteiger partial charge in [0.05, 0.1) is 11.0 Å². The maximum atomic E-state index is 12.3. The van der Waals surface area contributed by atoms with Gasteiger partial charge in [-0.1, -0.05) is 0 Å². The molecule has 8 nitrogen and oxygen atoms in total. The Kier molecular flexibility index (Phi) is 4.19. The van der Waals surface area contributed by atoms with Crippen LogP contribution in [-0.4, -0.2) is 52.4 Å². The van der Waals surface area contributed by atoms with Gasteiger partial charge >= 0.3 is 0 Å². The molecule has 1 amide bonds. The minimum absolute atomic E-state index is 0.0268. The van der Waals surface area contributed by atoms with Crippen LogP contribution in [0, 0.1) is 10.1 Å². The summed E-state index contributed by atoms with van der Waals surface area (Å²) in [6.07, 6.45) is 4.07. The van der Waals surface area contributed by atoms with Crippen LogP contribution in [0.3, 0.4) is 0 Å². The van der Waals surface area contributed by atoms with E-state index in [9.17, 15) is 14.9 Å². The van der Waals surface area contributed by atoms with Crippen LogP contribution in [-0.2, 0) is 4.79 Å². The second-order valence-corrected chi connectivity index (χ2v) is 5.72.